The molecule has 0 spiro atoms. The van der Waals surface area contributed by atoms with E-state index in [2.05, 4.69) is 10.6 Å². The zero-order chi connectivity index (χ0) is 14.4. The average Bonchev–Trinajstić information content (AvgIpc) is 2.97. The predicted molar refractivity (Wildman–Crippen MR) is 74.9 cm³/mol. The van der Waals surface area contributed by atoms with Crippen molar-refractivity contribution in [2.24, 2.45) is 5.92 Å². The van der Waals surface area contributed by atoms with E-state index < -0.39 is 12.0 Å². The van der Waals surface area contributed by atoms with Crippen LogP contribution in [0.5, 0.6) is 0 Å². The van der Waals surface area contributed by atoms with Gasteiger partial charge in [-0.1, -0.05) is 30.3 Å². The van der Waals surface area contributed by atoms with E-state index in [0.29, 0.717) is 12.3 Å². The molecule has 108 valence electrons. The van der Waals surface area contributed by atoms with Crippen molar-refractivity contribution in [3.63, 3.8) is 0 Å². The monoisotopic (exact) mass is 276 g/mol. The lowest BCUT2D eigenvalue weighted by atomic mass is 10.0. The number of hydrogen-bond acceptors (Lipinski definition) is 4. The van der Waals surface area contributed by atoms with Gasteiger partial charge in [-0.3, -0.25) is 4.79 Å². The van der Waals surface area contributed by atoms with Crippen LogP contribution in [-0.2, 0) is 14.3 Å². The van der Waals surface area contributed by atoms with Crippen molar-refractivity contribution in [2.75, 3.05) is 20.2 Å². The molecule has 0 aromatic heterocycles. The standard InChI is InChI=1S/C15H20N2O3/c1-20-15(19)14(12-5-3-2-4-6-12)17-13(18)9-11-7-8-16-10-11/h2-6,11,14,16H,7-10H2,1H3,(H,17,18). The molecule has 20 heavy (non-hydrogen) atoms. The van der Waals surface area contributed by atoms with Crippen LogP contribution < -0.4 is 10.6 Å². The highest BCUT2D eigenvalue weighted by Crippen LogP contribution is 2.16. The first-order valence-corrected chi connectivity index (χ1v) is 6.83. The molecule has 2 unspecified atom stereocenters. The van der Waals surface area contributed by atoms with E-state index >= 15 is 0 Å². The Morgan fingerprint density at radius 3 is 2.75 bits per heavy atom. The van der Waals surface area contributed by atoms with Gasteiger partial charge < -0.3 is 15.4 Å². The van der Waals surface area contributed by atoms with Gasteiger partial charge in [0.1, 0.15) is 0 Å². The second-order valence-electron chi connectivity index (χ2n) is 5.00. The van der Waals surface area contributed by atoms with Gasteiger partial charge in [0, 0.05) is 6.42 Å². The smallest absolute Gasteiger partial charge is 0.333 e. The second-order valence-corrected chi connectivity index (χ2v) is 5.00. The van der Waals surface area contributed by atoms with Crippen LogP contribution in [-0.4, -0.2) is 32.1 Å². The summed E-state index contributed by atoms with van der Waals surface area (Å²) in [6, 6.07) is 8.40. The molecular formula is C15H20N2O3. The van der Waals surface area contributed by atoms with E-state index in [1.807, 2.05) is 18.2 Å². The van der Waals surface area contributed by atoms with E-state index in [4.69, 9.17) is 4.74 Å². The highest BCUT2D eigenvalue weighted by Gasteiger charge is 2.25. The van der Waals surface area contributed by atoms with Crippen molar-refractivity contribution >= 4 is 11.9 Å². The Morgan fingerprint density at radius 2 is 2.15 bits per heavy atom. The van der Waals surface area contributed by atoms with Crippen LogP contribution in [0.15, 0.2) is 30.3 Å². The average molecular weight is 276 g/mol. The fourth-order valence-corrected chi connectivity index (χ4v) is 2.41. The summed E-state index contributed by atoms with van der Waals surface area (Å²) < 4.78 is 4.77. The van der Waals surface area contributed by atoms with E-state index in [1.54, 1.807) is 12.1 Å². The topological polar surface area (TPSA) is 67.4 Å². The Kier molecular flexibility index (Phi) is 5.12. The molecule has 1 heterocycles. The van der Waals surface area contributed by atoms with Crippen LogP contribution in [0.25, 0.3) is 0 Å². The summed E-state index contributed by atoms with van der Waals surface area (Å²) in [4.78, 5) is 23.9. The van der Waals surface area contributed by atoms with Crippen molar-refractivity contribution in [1.29, 1.82) is 0 Å². The van der Waals surface area contributed by atoms with Gasteiger partial charge in [0.05, 0.1) is 7.11 Å². The van der Waals surface area contributed by atoms with Gasteiger partial charge in [-0.05, 0) is 31.0 Å². The zero-order valence-corrected chi connectivity index (χ0v) is 11.6. The maximum atomic E-state index is 12.1. The molecular weight excluding hydrogens is 256 g/mol. The molecule has 1 aromatic rings. The first kappa shape index (κ1) is 14.5. The van der Waals surface area contributed by atoms with Gasteiger partial charge in [-0.15, -0.1) is 0 Å². The Balaban J connectivity index is 2.00. The number of rotatable bonds is 5. The number of nitrogens with one attached hydrogen (secondary N) is 2. The minimum Gasteiger partial charge on any atom is -0.467 e. The lowest BCUT2D eigenvalue weighted by Gasteiger charge is -2.18. The SMILES string of the molecule is COC(=O)C(NC(=O)CC1CCNC1)c1ccccc1. The number of ether oxygens (including phenoxy) is 1. The zero-order valence-electron chi connectivity index (χ0n) is 11.6. The number of carbonyl (C=O) groups excluding carboxylic acids is 2. The third-order valence-electron chi connectivity index (χ3n) is 3.51. The Hall–Kier alpha value is -1.88. The largest absolute Gasteiger partial charge is 0.467 e. The molecule has 1 amide bonds. The van der Waals surface area contributed by atoms with Gasteiger partial charge in [-0.2, -0.15) is 0 Å². The highest BCUT2D eigenvalue weighted by atomic mass is 16.5. The normalized spacial score (nSPS) is 19.4. The molecule has 5 heteroatoms. The lowest BCUT2D eigenvalue weighted by Crippen LogP contribution is -2.35. The van der Waals surface area contributed by atoms with Gasteiger partial charge >= 0.3 is 5.97 Å². The number of methoxy groups -OCH3 is 1. The first-order valence-electron chi connectivity index (χ1n) is 6.83. The van der Waals surface area contributed by atoms with Crippen molar-refractivity contribution < 1.29 is 14.3 Å². The molecule has 1 saturated heterocycles. The summed E-state index contributed by atoms with van der Waals surface area (Å²) in [5, 5.41) is 5.99. The molecule has 1 aliphatic heterocycles. The van der Waals surface area contributed by atoms with Gasteiger partial charge in [0.2, 0.25) is 5.91 Å². The number of esters is 1. The molecule has 1 aromatic carbocycles. The molecule has 0 radical (unpaired) electrons. The molecule has 2 atom stereocenters. The minimum absolute atomic E-state index is 0.113. The summed E-state index contributed by atoms with van der Waals surface area (Å²) >= 11 is 0. The maximum Gasteiger partial charge on any atom is 0.333 e. The maximum absolute atomic E-state index is 12.1. The van der Waals surface area contributed by atoms with E-state index in [-0.39, 0.29) is 5.91 Å². The van der Waals surface area contributed by atoms with Crippen LogP contribution in [0.1, 0.15) is 24.4 Å². The molecule has 0 saturated carbocycles. The van der Waals surface area contributed by atoms with Crippen LogP contribution >= 0.6 is 0 Å². The van der Waals surface area contributed by atoms with E-state index in [0.717, 1.165) is 25.1 Å². The second kappa shape index (κ2) is 7.05. The Labute approximate surface area is 118 Å². The molecule has 1 aliphatic rings. The third-order valence-corrected chi connectivity index (χ3v) is 3.51. The van der Waals surface area contributed by atoms with Crippen LogP contribution in [0.2, 0.25) is 0 Å². The minimum atomic E-state index is -0.733. The first-order chi connectivity index (χ1) is 9.70. The Bertz CT molecular complexity index is 455. The summed E-state index contributed by atoms with van der Waals surface area (Å²) in [7, 11) is 1.32. The molecule has 0 bridgehead atoms. The third kappa shape index (κ3) is 3.81. The van der Waals surface area contributed by atoms with Gasteiger partial charge in [0.15, 0.2) is 6.04 Å². The summed E-state index contributed by atoms with van der Waals surface area (Å²) in [5.74, 6) is -0.212. The molecule has 1 fully saturated rings. The van der Waals surface area contributed by atoms with Gasteiger partial charge in [0.25, 0.3) is 0 Å². The Morgan fingerprint density at radius 1 is 1.40 bits per heavy atom. The molecule has 2 rings (SSSR count). The fraction of sp³-hybridized carbons (Fsp3) is 0.467. The van der Waals surface area contributed by atoms with E-state index in [9.17, 15) is 9.59 Å². The summed E-state index contributed by atoms with van der Waals surface area (Å²) in [5.41, 5.74) is 0.734. The van der Waals surface area contributed by atoms with Crippen LogP contribution in [0, 0.1) is 5.92 Å². The van der Waals surface area contributed by atoms with Crippen molar-refractivity contribution in [1.82, 2.24) is 10.6 Å². The lowest BCUT2D eigenvalue weighted by molar-refractivity contribution is -0.145. The fourth-order valence-electron chi connectivity index (χ4n) is 2.41. The molecule has 5 nitrogen and oxygen atoms in total. The summed E-state index contributed by atoms with van der Waals surface area (Å²) in [6.07, 6.45) is 1.44. The summed E-state index contributed by atoms with van der Waals surface area (Å²) in [6.45, 7) is 1.82. The van der Waals surface area contributed by atoms with Crippen LogP contribution in [0.3, 0.4) is 0 Å². The number of hydrogen-bond donors (Lipinski definition) is 2. The number of benzene rings is 1. The molecule has 2 N–H and O–H groups in total. The number of amides is 1. The van der Waals surface area contributed by atoms with Crippen molar-refractivity contribution in [3.8, 4) is 0 Å². The van der Waals surface area contributed by atoms with Crippen LogP contribution in [0.4, 0.5) is 0 Å². The van der Waals surface area contributed by atoms with Crippen molar-refractivity contribution in [3.05, 3.63) is 35.9 Å². The quantitative estimate of drug-likeness (QED) is 0.788. The predicted octanol–water partition coefficient (Wildman–Crippen LogP) is 1.02. The highest BCUT2D eigenvalue weighted by molar-refractivity contribution is 5.85. The number of carbonyl (C=O) groups is 2. The van der Waals surface area contributed by atoms with Crippen molar-refractivity contribution in [2.45, 2.75) is 18.9 Å². The van der Waals surface area contributed by atoms with E-state index in [1.165, 1.54) is 7.11 Å². The van der Waals surface area contributed by atoms with Gasteiger partial charge in [-0.25, -0.2) is 4.79 Å². The molecule has 0 aliphatic carbocycles.